The van der Waals surface area contributed by atoms with Gasteiger partial charge in [-0.15, -0.1) is 11.3 Å². The van der Waals surface area contributed by atoms with E-state index >= 15 is 0 Å². The predicted octanol–water partition coefficient (Wildman–Crippen LogP) is 0.582. The topological polar surface area (TPSA) is 52.7 Å². The molecule has 0 saturated carbocycles. The quantitative estimate of drug-likeness (QED) is 0.865. The monoisotopic (exact) mass is 303 g/mol. The minimum atomic E-state index is -3.31. The largest absolute Gasteiger partial charge is 0.314 e. The van der Waals surface area contributed by atoms with Crippen LogP contribution in [-0.2, 0) is 10.0 Å². The molecular weight excluding hydrogens is 282 g/mol. The van der Waals surface area contributed by atoms with E-state index in [4.69, 9.17) is 0 Å². The number of hydrogen-bond acceptors (Lipinski definition) is 5. The molecule has 0 radical (unpaired) electrons. The summed E-state index contributed by atoms with van der Waals surface area (Å²) in [6.07, 6.45) is 0. The first-order valence-electron chi connectivity index (χ1n) is 6.46. The lowest BCUT2D eigenvalue weighted by molar-refractivity contribution is 0.229. The Morgan fingerprint density at radius 3 is 2.63 bits per heavy atom. The lowest BCUT2D eigenvalue weighted by atomic mass is 10.3. The van der Waals surface area contributed by atoms with Gasteiger partial charge in [0, 0.05) is 51.2 Å². The molecule has 108 valence electrons. The van der Waals surface area contributed by atoms with Crippen molar-refractivity contribution in [1.82, 2.24) is 14.5 Å². The van der Waals surface area contributed by atoms with Crippen LogP contribution in [0.15, 0.2) is 16.3 Å². The third-order valence-electron chi connectivity index (χ3n) is 3.32. The second kappa shape index (κ2) is 6.32. The van der Waals surface area contributed by atoms with Crippen LogP contribution in [0.3, 0.4) is 0 Å². The molecule has 1 N–H and O–H groups in total. The number of likely N-dealkylation sites (N-methyl/N-ethyl adjacent to an activating group) is 1. The molecule has 1 fully saturated rings. The summed E-state index contributed by atoms with van der Waals surface area (Å²) >= 11 is 1.33. The Kier molecular flexibility index (Phi) is 4.97. The van der Waals surface area contributed by atoms with Crippen LogP contribution in [0, 0.1) is 6.92 Å². The van der Waals surface area contributed by atoms with Gasteiger partial charge < -0.3 is 5.32 Å². The van der Waals surface area contributed by atoms with E-state index in [0.717, 1.165) is 37.6 Å². The van der Waals surface area contributed by atoms with Gasteiger partial charge in [-0.1, -0.05) is 0 Å². The van der Waals surface area contributed by atoms with Crippen LogP contribution >= 0.6 is 11.3 Å². The number of nitrogens with one attached hydrogen (secondary N) is 1. The van der Waals surface area contributed by atoms with Crippen molar-refractivity contribution >= 4 is 21.4 Å². The zero-order valence-electron chi connectivity index (χ0n) is 11.4. The maximum absolute atomic E-state index is 12.3. The highest BCUT2D eigenvalue weighted by Gasteiger charge is 2.23. The maximum atomic E-state index is 12.3. The van der Waals surface area contributed by atoms with E-state index < -0.39 is 10.0 Å². The van der Waals surface area contributed by atoms with E-state index in [1.165, 1.54) is 15.6 Å². The molecule has 0 spiro atoms. The predicted molar refractivity (Wildman–Crippen MR) is 78.2 cm³/mol. The average Bonchev–Trinajstić information content (AvgIpc) is 2.84. The SMILES string of the molecule is Cc1ccc(S(=O)(=O)N(C)CCN2CCNCC2)s1. The summed E-state index contributed by atoms with van der Waals surface area (Å²) in [7, 11) is -1.65. The lowest BCUT2D eigenvalue weighted by Crippen LogP contribution is -2.46. The third kappa shape index (κ3) is 3.76. The van der Waals surface area contributed by atoms with Crippen molar-refractivity contribution in [3.8, 4) is 0 Å². The van der Waals surface area contributed by atoms with Gasteiger partial charge in [-0.3, -0.25) is 4.90 Å². The number of piperazine rings is 1. The molecule has 1 aromatic rings. The first kappa shape index (κ1) is 14.9. The Morgan fingerprint density at radius 1 is 1.37 bits per heavy atom. The van der Waals surface area contributed by atoms with Gasteiger partial charge in [0.1, 0.15) is 4.21 Å². The van der Waals surface area contributed by atoms with Gasteiger partial charge in [0.2, 0.25) is 0 Å². The molecule has 1 saturated heterocycles. The fourth-order valence-corrected chi connectivity index (χ4v) is 4.70. The summed E-state index contributed by atoms with van der Waals surface area (Å²) in [5, 5.41) is 3.29. The Labute approximate surface area is 119 Å². The zero-order valence-corrected chi connectivity index (χ0v) is 13.1. The van der Waals surface area contributed by atoms with Gasteiger partial charge >= 0.3 is 0 Å². The smallest absolute Gasteiger partial charge is 0.252 e. The first-order valence-corrected chi connectivity index (χ1v) is 8.71. The van der Waals surface area contributed by atoms with Gasteiger partial charge in [0.15, 0.2) is 0 Å². The number of thiophene rings is 1. The van der Waals surface area contributed by atoms with Crippen LogP contribution in [0.5, 0.6) is 0 Å². The highest BCUT2D eigenvalue weighted by atomic mass is 32.2. The molecular formula is C12H21N3O2S2. The molecule has 0 amide bonds. The van der Waals surface area contributed by atoms with Crippen LogP contribution in [0.25, 0.3) is 0 Å². The molecule has 1 aliphatic heterocycles. The summed E-state index contributed by atoms with van der Waals surface area (Å²) in [4.78, 5) is 3.32. The van der Waals surface area contributed by atoms with E-state index in [9.17, 15) is 8.42 Å². The second-order valence-electron chi connectivity index (χ2n) is 4.78. The molecule has 0 aromatic carbocycles. The van der Waals surface area contributed by atoms with Crippen molar-refractivity contribution in [3.05, 3.63) is 17.0 Å². The van der Waals surface area contributed by atoms with Gasteiger partial charge in [-0.2, -0.15) is 4.31 Å². The van der Waals surface area contributed by atoms with Crippen molar-refractivity contribution in [3.63, 3.8) is 0 Å². The summed E-state index contributed by atoms with van der Waals surface area (Å²) in [5.74, 6) is 0. The van der Waals surface area contributed by atoms with Gasteiger partial charge in [0.25, 0.3) is 10.0 Å². The van der Waals surface area contributed by atoms with Crippen LogP contribution < -0.4 is 5.32 Å². The van der Waals surface area contributed by atoms with Crippen LogP contribution in [0.2, 0.25) is 0 Å². The van der Waals surface area contributed by atoms with E-state index in [1.807, 2.05) is 13.0 Å². The van der Waals surface area contributed by atoms with Crippen LogP contribution in [-0.4, -0.2) is 63.9 Å². The van der Waals surface area contributed by atoms with Gasteiger partial charge in [-0.05, 0) is 19.1 Å². The number of sulfonamides is 1. The Hall–Kier alpha value is -0.470. The minimum absolute atomic E-state index is 0.438. The van der Waals surface area contributed by atoms with Crippen LogP contribution in [0.4, 0.5) is 0 Å². The lowest BCUT2D eigenvalue weighted by Gasteiger charge is -2.28. The Bertz CT molecular complexity index is 507. The molecule has 2 rings (SSSR count). The highest BCUT2D eigenvalue weighted by molar-refractivity contribution is 7.91. The van der Waals surface area contributed by atoms with E-state index in [1.54, 1.807) is 13.1 Å². The second-order valence-corrected chi connectivity index (χ2v) is 8.34. The summed E-state index contributed by atoms with van der Waals surface area (Å²) in [5.41, 5.74) is 0. The fourth-order valence-electron chi connectivity index (χ4n) is 2.04. The molecule has 1 aromatic heterocycles. The normalized spacial score (nSPS) is 18.1. The molecule has 2 heterocycles. The Morgan fingerprint density at radius 2 is 2.05 bits per heavy atom. The third-order valence-corrected chi connectivity index (χ3v) is 6.65. The van der Waals surface area contributed by atoms with E-state index in [2.05, 4.69) is 10.2 Å². The van der Waals surface area contributed by atoms with Gasteiger partial charge in [-0.25, -0.2) is 8.42 Å². The van der Waals surface area contributed by atoms with Crippen molar-refractivity contribution < 1.29 is 8.42 Å². The molecule has 0 bridgehead atoms. The minimum Gasteiger partial charge on any atom is -0.314 e. The summed E-state index contributed by atoms with van der Waals surface area (Å²) in [6.45, 7) is 7.21. The first-order chi connectivity index (χ1) is 9.00. The molecule has 0 atom stereocenters. The number of hydrogen-bond donors (Lipinski definition) is 1. The summed E-state index contributed by atoms with van der Waals surface area (Å²) < 4.78 is 26.5. The Balaban J connectivity index is 1.93. The van der Waals surface area contributed by atoms with Crippen molar-refractivity contribution in [2.45, 2.75) is 11.1 Å². The molecule has 5 nitrogen and oxygen atoms in total. The van der Waals surface area contributed by atoms with Crippen LogP contribution in [0.1, 0.15) is 4.88 Å². The highest BCUT2D eigenvalue weighted by Crippen LogP contribution is 2.23. The zero-order chi connectivity index (χ0) is 13.9. The molecule has 19 heavy (non-hydrogen) atoms. The standard InChI is InChI=1S/C12H21N3O2S2/c1-11-3-4-12(18-11)19(16,17)14(2)9-10-15-7-5-13-6-8-15/h3-4,13H,5-10H2,1-2H3. The molecule has 0 aliphatic carbocycles. The average molecular weight is 303 g/mol. The number of rotatable bonds is 5. The van der Waals surface area contributed by atoms with E-state index in [0.29, 0.717) is 10.8 Å². The number of aryl methyl sites for hydroxylation is 1. The van der Waals surface area contributed by atoms with Crippen molar-refractivity contribution in [1.29, 1.82) is 0 Å². The van der Waals surface area contributed by atoms with Crippen molar-refractivity contribution in [2.24, 2.45) is 0 Å². The van der Waals surface area contributed by atoms with E-state index in [-0.39, 0.29) is 0 Å². The summed E-state index contributed by atoms with van der Waals surface area (Å²) in [6, 6.07) is 3.54. The molecule has 7 heteroatoms. The van der Waals surface area contributed by atoms with Crippen molar-refractivity contribution in [2.75, 3.05) is 46.3 Å². The maximum Gasteiger partial charge on any atom is 0.252 e. The molecule has 1 aliphatic rings. The number of nitrogens with zero attached hydrogens (tertiary/aromatic N) is 2. The fraction of sp³-hybridized carbons (Fsp3) is 0.667. The molecule has 0 unspecified atom stereocenters. The van der Waals surface area contributed by atoms with Gasteiger partial charge in [0.05, 0.1) is 0 Å².